The summed E-state index contributed by atoms with van der Waals surface area (Å²) >= 11 is 0. The molecule has 0 unspecified atom stereocenters. The van der Waals surface area contributed by atoms with Crippen LogP contribution in [0.1, 0.15) is 26.8 Å². The molecule has 1 rings (SSSR count). The topological polar surface area (TPSA) is 109 Å². The SMILES string of the molecule is Cc1nc(C(=O)[O-])c(C(=O)[O-])[nH]1. The Labute approximate surface area is 66.9 Å². The van der Waals surface area contributed by atoms with Gasteiger partial charge in [-0.3, -0.25) is 0 Å². The largest absolute Gasteiger partial charge is 0.543 e. The standard InChI is InChI=1S/C6H6N2O4/c1-2-7-3(5(9)10)4(8-2)6(11)12/h1H3,(H,7,8)(H,9,10)(H,11,12)/p-2. The molecule has 0 amide bonds. The van der Waals surface area contributed by atoms with Crippen LogP contribution in [-0.4, -0.2) is 21.9 Å². The van der Waals surface area contributed by atoms with Crippen LogP contribution in [0.5, 0.6) is 0 Å². The molecular formula is C6H4N2O4-2. The molecular weight excluding hydrogens is 164 g/mol. The number of H-pyrrole nitrogens is 1. The number of carbonyl (C=O) groups is 2. The Balaban J connectivity index is 3.26. The maximum absolute atomic E-state index is 10.3. The maximum atomic E-state index is 10.3. The number of carboxylic acid groups (broad SMARTS) is 2. The van der Waals surface area contributed by atoms with Crippen molar-refractivity contribution in [1.82, 2.24) is 9.97 Å². The minimum Gasteiger partial charge on any atom is -0.543 e. The normalized spacial score (nSPS) is 9.75. The maximum Gasteiger partial charge on any atom is 0.113 e. The number of rotatable bonds is 2. The zero-order valence-corrected chi connectivity index (χ0v) is 6.08. The van der Waals surface area contributed by atoms with E-state index in [1.807, 2.05) is 0 Å². The van der Waals surface area contributed by atoms with Crippen molar-refractivity contribution in [1.29, 1.82) is 0 Å². The second-order valence-electron chi connectivity index (χ2n) is 2.12. The van der Waals surface area contributed by atoms with E-state index in [1.54, 1.807) is 0 Å². The van der Waals surface area contributed by atoms with E-state index in [9.17, 15) is 19.8 Å². The molecule has 0 aliphatic rings. The summed E-state index contributed by atoms with van der Waals surface area (Å²) < 4.78 is 0. The third-order valence-corrected chi connectivity index (χ3v) is 1.22. The number of aromatic carboxylic acids is 2. The second-order valence-corrected chi connectivity index (χ2v) is 2.12. The molecule has 0 bridgehead atoms. The Bertz CT molecular complexity index is 310. The fourth-order valence-corrected chi connectivity index (χ4v) is 0.787. The highest BCUT2D eigenvalue weighted by molar-refractivity contribution is 5.97. The van der Waals surface area contributed by atoms with Gasteiger partial charge in [0.15, 0.2) is 0 Å². The molecule has 0 aliphatic carbocycles. The molecule has 0 spiro atoms. The second kappa shape index (κ2) is 2.65. The van der Waals surface area contributed by atoms with E-state index in [2.05, 4.69) is 9.97 Å². The molecule has 12 heavy (non-hydrogen) atoms. The summed E-state index contributed by atoms with van der Waals surface area (Å²) in [6.07, 6.45) is 0. The van der Waals surface area contributed by atoms with Gasteiger partial charge in [0.2, 0.25) is 0 Å². The first-order valence-corrected chi connectivity index (χ1v) is 3.01. The van der Waals surface area contributed by atoms with Gasteiger partial charge in [-0.25, -0.2) is 4.98 Å². The first kappa shape index (κ1) is 8.25. The average Bonchev–Trinajstić information content (AvgIpc) is 2.31. The van der Waals surface area contributed by atoms with E-state index in [4.69, 9.17) is 0 Å². The molecule has 1 aromatic heterocycles. The molecule has 0 saturated carbocycles. The van der Waals surface area contributed by atoms with Gasteiger partial charge in [-0.15, -0.1) is 0 Å². The molecule has 64 valence electrons. The zero-order valence-electron chi connectivity index (χ0n) is 6.08. The third-order valence-electron chi connectivity index (χ3n) is 1.22. The highest BCUT2D eigenvalue weighted by Crippen LogP contribution is 2.02. The fraction of sp³-hybridized carbons (Fsp3) is 0.167. The van der Waals surface area contributed by atoms with Crippen LogP contribution in [-0.2, 0) is 0 Å². The Hall–Kier alpha value is -1.85. The van der Waals surface area contributed by atoms with Gasteiger partial charge < -0.3 is 24.8 Å². The number of carboxylic acids is 2. The van der Waals surface area contributed by atoms with Crippen LogP contribution in [0.4, 0.5) is 0 Å². The zero-order chi connectivity index (χ0) is 9.30. The lowest BCUT2D eigenvalue weighted by Crippen LogP contribution is -2.30. The van der Waals surface area contributed by atoms with Crippen molar-refractivity contribution in [3.05, 3.63) is 17.2 Å². The van der Waals surface area contributed by atoms with E-state index in [-0.39, 0.29) is 5.82 Å². The van der Waals surface area contributed by atoms with E-state index in [1.165, 1.54) is 6.92 Å². The summed E-state index contributed by atoms with van der Waals surface area (Å²) in [4.78, 5) is 26.1. The summed E-state index contributed by atoms with van der Waals surface area (Å²) in [5.41, 5.74) is -1.19. The van der Waals surface area contributed by atoms with E-state index in [0.29, 0.717) is 0 Å². The van der Waals surface area contributed by atoms with E-state index < -0.39 is 23.3 Å². The molecule has 0 fully saturated rings. The van der Waals surface area contributed by atoms with Gasteiger partial charge in [0.1, 0.15) is 11.5 Å². The predicted molar refractivity (Wildman–Crippen MR) is 32.0 cm³/mol. The minimum absolute atomic E-state index is 0.188. The molecule has 1 heterocycles. The lowest BCUT2D eigenvalue weighted by Gasteiger charge is -2.02. The van der Waals surface area contributed by atoms with Crippen LogP contribution >= 0.6 is 0 Å². The molecule has 0 saturated heterocycles. The van der Waals surface area contributed by atoms with Crippen molar-refractivity contribution < 1.29 is 19.8 Å². The number of nitrogens with zero attached hydrogens (tertiary/aromatic N) is 1. The van der Waals surface area contributed by atoms with Crippen LogP contribution in [0.2, 0.25) is 0 Å². The van der Waals surface area contributed by atoms with Gasteiger partial charge in [0.25, 0.3) is 0 Å². The molecule has 0 aliphatic heterocycles. The lowest BCUT2D eigenvalue weighted by molar-refractivity contribution is -0.260. The Morgan fingerprint density at radius 3 is 2.25 bits per heavy atom. The summed E-state index contributed by atoms with van der Waals surface area (Å²) in [6, 6.07) is 0. The molecule has 0 radical (unpaired) electrons. The number of nitrogens with one attached hydrogen (secondary N) is 1. The number of carbonyl (C=O) groups excluding carboxylic acids is 2. The molecule has 6 heteroatoms. The smallest absolute Gasteiger partial charge is 0.113 e. The summed E-state index contributed by atoms with van der Waals surface area (Å²) in [6.45, 7) is 1.43. The molecule has 1 N–H and O–H groups in total. The van der Waals surface area contributed by atoms with Crippen LogP contribution in [0, 0.1) is 6.92 Å². The quantitative estimate of drug-likeness (QED) is 0.522. The highest BCUT2D eigenvalue weighted by atomic mass is 16.4. The van der Waals surface area contributed by atoms with Crippen molar-refractivity contribution in [2.75, 3.05) is 0 Å². The van der Waals surface area contributed by atoms with Gasteiger partial charge in [-0.05, 0) is 6.92 Å². The highest BCUT2D eigenvalue weighted by Gasteiger charge is 2.08. The summed E-state index contributed by atoms with van der Waals surface area (Å²) in [7, 11) is 0. The molecule has 0 atom stereocenters. The van der Waals surface area contributed by atoms with Crippen molar-refractivity contribution in [3.8, 4) is 0 Å². The predicted octanol–water partition coefficient (Wildman–Crippen LogP) is -2.55. The van der Waals surface area contributed by atoms with Crippen LogP contribution in [0.3, 0.4) is 0 Å². The first-order chi connectivity index (χ1) is 5.52. The Morgan fingerprint density at radius 2 is 1.92 bits per heavy atom. The van der Waals surface area contributed by atoms with Crippen LogP contribution in [0.25, 0.3) is 0 Å². The van der Waals surface area contributed by atoms with Gasteiger partial charge in [0, 0.05) is 0 Å². The molecule has 6 nitrogen and oxygen atoms in total. The van der Waals surface area contributed by atoms with Crippen molar-refractivity contribution in [2.45, 2.75) is 6.92 Å². The average molecular weight is 168 g/mol. The molecule has 0 aromatic carbocycles. The number of hydrogen-bond acceptors (Lipinski definition) is 5. The number of imidazole rings is 1. The Kier molecular flexibility index (Phi) is 1.82. The van der Waals surface area contributed by atoms with Gasteiger partial charge in [-0.2, -0.15) is 0 Å². The minimum atomic E-state index is -1.64. The number of hydrogen-bond donors (Lipinski definition) is 1. The van der Waals surface area contributed by atoms with E-state index >= 15 is 0 Å². The molecule has 1 aromatic rings. The summed E-state index contributed by atoms with van der Waals surface area (Å²) in [5.74, 6) is -3.07. The Morgan fingerprint density at radius 1 is 1.33 bits per heavy atom. The van der Waals surface area contributed by atoms with Crippen LogP contribution in [0.15, 0.2) is 0 Å². The fourth-order valence-electron chi connectivity index (χ4n) is 0.787. The van der Waals surface area contributed by atoms with E-state index in [0.717, 1.165) is 0 Å². The van der Waals surface area contributed by atoms with Crippen molar-refractivity contribution in [3.63, 3.8) is 0 Å². The van der Waals surface area contributed by atoms with Crippen LogP contribution < -0.4 is 10.2 Å². The van der Waals surface area contributed by atoms with Gasteiger partial charge in [-0.1, -0.05) is 0 Å². The van der Waals surface area contributed by atoms with Gasteiger partial charge in [0.05, 0.1) is 17.6 Å². The monoisotopic (exact) mass is 168 g/mol. The lowest BCUT2D eigenvalue weighted by atomic mass is 10.3. The number of aryl methyl sites for hydroxylation is 1. The number of aromatic nitrogens is 2. The summed E-state index contributed by atoms with van der Waals surface area (Å²) in [5, 5.41) is 20.5. The third kappa shape index (κ3) is 1.26. The van der Waals surface area contributed by atoms with Crippen molar-refractivity contribution in [2.24, 2.45) is 0 Å². The first-order valence-electron chi connectivity index (χ1n) is 3.01. The van der Waals surface area contributed by atoms with Crippen molar-refractivity contribution >= 4 is 11.9 Å². The number of aromatic amines is 1. The van der Waals surface area contributed by atoms with Gasteiger partial charge >= 0.3 is 0 Å².